The van der Waals surface area contributed by atoms with Crippen LogP contribution in [0.2, 0.25) is 0 Å². The van der Waals surface area contributed by atoms with Crippen LogP contribution in [0.1, 0.15) is 45.4 Å². The average Bonchev–Trinajstić information content (AvgIpc) is 2.61. The molecule has 92 valence electrons. The maximum absolute atomic E-state index is 12.4. The topological polar surface area (TPSA) is 44.1 Å². The summed E-state index contributed by atoms with van der Waals surface area (Å²) in [6, 6.07) is 2.27. The molecule has 0 bridgehead atoms. The van der Waals surface area contributed by atoms with E-state index >= 15 is 0 Å². The Labute approximate surface area is 104 Å². The molecule has 0 unspecified atom stereocenters. The molecule has 1 amide bonds. The third-order valence-electron chi connectivity index (χ3n) is 3.53. The third-order valence-corrected chi connectivity index (χ3v) is 3.53. The normalized spacial score (nSPS) is 18.5. The highest BCUT2D eigenvalue weighted by atomic mass is 16.2. The first-order chi connectivity index (χ1) is 8.20. The standard InChI is InChI=1S/C14H20N2O/c1-3-11-16(4-2)13(17)14(12-15)9-7-5-6-8-10-14/h1H,4-11H2,2H3. The van der Waals surface area contributed by atoms with E-state index in [1.54, 1.807) is 4.90 Å². The highest BCUT2D eigenvalue weighted by Gasteiger charge is 2.41. The third kappa shape index (κ3) is 3.01. The van der Waals surface area contributed by atoms with Crippen molar-refractivity contribution in [3.8, 4) is 18.4 Å². The van der Waals surface area contributed by atoms with E-state index in [0.717, 1.165) is 25.7 Å². The summed E-state index contributed by atoms with van der Waals surface area (Å²) >= 11 is 0. The summed E-state index contributed by atoms with van der Waals surface area (Å²) in [7, 11) is 0. The van der Waals surface area contributed by atoms with Crippen molar-refractivity contribution in [1.82, 2.24) is 4.90 Å². The Morgan fingerprint density at radius 2 is 1.94 bits per heavy atom. The van der Waals surface area contributed by atoms with Crippen LogP contribution in [0.15, 0.2) is 0 Å². The van der Waals surface area contributed by atoms with Crippen LogP contribution < -0.4 is 0 Å². The van der Waals surface area contributed by atoms with E-state index < -0.39 is 5.41 Å². The van der Waals surface area contributed by atoms with Crippen LogP contribution in [-0.4, -0.2) is 23.9 Å². The van der Waals surface area contributed by atoms with Gasteiger partial charge in [0.25, 0.3) is 0 Å². The Morgan fingerprint density at radius 1 is 1.35 bits per heavy atom. The van der Waals surface area contributed by atoms with E-state index in [1.807, 2.05) is 6.92 Å². The number of carbonyl (C=O) groups is 1. The molecule has 1 aliphatic carbocycles. The molecular formula is C14H20N2O. The molecule has 0 aromatic rings. The van der Waals surface area contributed by atoms with Gasteiger partial charge in [0, 0.05) is 6.54 Å². The van der Waals surface area contributed by atoms with Gasteiger partial charge in [-0.1, -0.05) is 31.6 Å². The van der Waals surface area contributed by atoms with Crippen molar-refractivity contribution >= 4 is 5.91 Å². The molecular weight excluding hydrogens is 212 g/mol. The Balaban J connectivity index is 2.88. The van der Waals surface area contributed by atoms with E-state index in [9.17, 15) is 10.1 Å². The molecule has 17 heavy (non-hydrogen) atoms. The number of hydrogen-bond acceptors (Lipinski definition) is 2. The Morgan fingerprint density at radius 3 is 2.35 bits per heavy atom. The second-order valence-electron chi connectivity index (χ2n) is 4.63. The van der Waals surface area contributed by atoms with Gasteiger partial charge in [0.15, 0.2) is 0 Å². The zero-order chi connectivity index (χ0) is 12.7. The van der Waals surface area contributed by atoms with Gasteiger partial charge in [-0.3, -0.25) is 4.79 Å². The van der Waals surface area contributed by atoms with Gasteiger partial charge in [-0.05, 0) is 19.8 Å². The SMILES string of the molecule is C#CCN(CC)C(=O)C1(C#N)CCCCCC1. The van der Waals surface area contributed by atoms with E-state index in [2.05, 4.69) is 12.0 Å². The van der Waals surface area contributed by atoms with Crippen LogP contribution in [0, 0.1) is 29.1 Å². The lowest BCUT2D eigenvalue weighted by Crippen LogP contribution is -2.43. The number of terminal acetylenes is 1. The van der Waals surface area contributed by atoms with Gasteiger partial charge in [-0.25, -0.2) is 0 Å². The molecule has 1 fully saturated rings. The minimum Gasteiger partial charge on any atom is -0.330 e. The highest BCUT2D eigenvalue weighted by Crippen LogP contribution is 2.36. The molecule has 0 N–H and O–H groups in total. The molecule has 0 aliphatic heterocycles. The summed E-state index contributed by atoms with van der Waals surface area (Å²) in [4.78, 5) is 14.1. The number of carbonyl (C=O) groups excluding carboxylic acids is 1. The summed E-state index contributed by atoms with van der Waals surface area (Å²) in [5.41, 5.74) is -0.816. The molecule has 0 saturated heterocycles. The first-order valence-electron chi connectivity index (χ1n) is 6.34. The molecule has 0 atom stereocenters. The molecule has 0 heterocycles. The second kappa shape index (κ2) is 6.30. The number of rotatable bonds is 3. The number of nitrogens with zero attached hydrogens (tertiary/aromatic N) is 2. The van der Waals surface area contributed by atoms with Gasteiger partial charge in [-0.15, -0.1) is 6.42 Å². The predicted octanol–water partition coefficient (Wildman–Crippen LogP) is 2.33. The summed E-state index contributed by atoms with van der Waals surface area (Å²) in [6.07, 6.45) is 10.8. The van der Waals surface area contributed by atoms with E-state index in [1.165, 1.54) is 0 Å². The van der Waals surface area contributed by atoms with Gasteiger partial charge in [0.1, 0.15) is 5.41 Å². The van der Waals surface area contributed by atoms with Crippen molar-refractivity contribution in [2.75, 3.05) is 13.1 Å². The largest absolute Gasteiger partial charge is 0.330 e. The fraction of sp³-hybridized carbons (Fsp3) is 0.714. The first kappa shape index (κ1) is 13.6. The molecule has 3 heteroatoms. The van der Waals surface area contributed by atoms with E-state index in [-0.39, 0.29) is 5.91 Å². The van der Waals surface area contributed by atoms with Crippen molar-refractivity contribution in [1.29, 1.82) is 5.26 Å². The molecule has 1 saturated carbocycles. The summed E-state index contributed by atoms with van der Waals surface area (Å²) in [6.45, 7) is 2.78. The minimum atomic E-state index is -0.816. The number of amides is 1. The highest BCUT2D eigenvalue weighted by molar-refractivity contribution is 5.85. The quantitative estimate of drug-likeness (QED) is 0.553. The van der Waals surface area contributed by atoms with Gasteiger partial charge in [0.2, 0.25) is 5.91 Å². The lowest BCUT2D eigenvalue weighted by atomic mass is 9.80. The van der Waals surface area contributed by atoms with E-state index in [0.29, 0.717) is 25.9 Å². The van der Waals surface area contributed by atoms with Crippen LogP contribution in [0.4, 0.5) is 0 Å². The van der Waals surface area contributed by atoms with Crippen LogP contribution in [-0.2, 0) is 4.79 Å². The van der Waals surface area contributed by atoms with Gasteiger partial charge >= 0.3 is 0 Å². The molecule has 0 aromatic heterocycles. The maximum atomic E-state index is 12.4. The Hall–Kier alpha value is -1.48. The monoisotopic (exact) mass is 232 g/mol. The van der Waals surface area contributed by atoms with Crippen LogP contribution in [0.25, 0.3) is 0 Å². The van der Waals surface area contributed by atoms with Crippen LogP contribution >= 0.6 is 0 Å². The molecule has 0 radical (unpaired) electrons. The van der Waals surface area contributed by atoms with Crippen LogP contribution in [0.5, 0.6) is 0 Å². The fourth-order valence-corrected chi connectivity index (χ4v) is 2.45. The molecule has 0 aromatic carbocycles. The smallest absolute Gasteiger partial charge is 0.243 e. The van der Waals surface area contributed by atoms with Crippen molar-refractivity contribution < 1.29 is 4.79 Å². The summed E-state index contributed by atoms with van der Waals surface area (Å²) in [5.74, 6) is 2.42. The van der Waals surface area contributed by atoms with Gasteiger partial charge in [-0.2, -0.15) is 5.26 Å². The Bertz CT molecular complexity index is 340. The van der Waals surface area contributed by atoms with Gasteiger partial charge < -0.3 is 4.90 Å². The van der Waals surface area contributed by atoms with Crippen molar-refractivity contribution in [3.05, 3.63) is 0 Å². The zero-order valence-electron chi connectivity index (χ0n) is 10.5. The second-order valence-corrected chi connectivity index (χ2v) is 4.63. The Kier molecular flexibility index (Phi) is 5.04. The lowest BCUT2D eigenvalue weighted by molar-refractivity contribution is -0.138. The number of nitriles is 1. The molecule has 0 spiro atoms. The average molecular weight is 232 g/mol. The van der Waals surface area contributed by atoms with Crippen molar-refractivity contribution in [2.24, 2.45) is 5.41 Å². The van der Waals surface area contributed by atoms with Crippen molar-refractivity contribution in [2.45, 2.75) is 45.4 Å². The van der Waals surface area contributed by atoms with Gasteiger partial charge in [0.05, 0.1) is 12.6 Å². The molecule has 1 rings (SSSR count). The maximum Gasteiger partial charge on any atom is 0.243 e. The van der Waals surface area contributed by atoms with Crippen LogP contribution in [0.3, 0.4) is 0 Å². The van der Waals surface area contributed by atoms with E-state index in [4.69, 9.17) is 6.42 Å². The summed E-state index contributed by atoms with van der Waals surface area (Å²) < 4.78 is 0. The van der Waals surface area contributed by atoms with Crippen molar-refractivity contribution in [3.63, 3.8) is 0 Å². The lowest BCUT2D eigenvalue weighted by Gasteiger charge is -2.30. The fourth-order valence-electron chi connectivity index (χ4n) is 2.45. The molecule has 1 aliphatic rings. The minimum absolute atomic E-state index is 0.0673. The molecule has 3 nitrogen and oxygen atoms in total. The zero-order valence-corrected chi connectivity index (χ0v) is 10.5. The summed E-state index contributed by atoms with van der Waals surface area (Å²) in [5, 5.41) is 9.40. The number of hydrogen-bond donors (Lipinski definition) is 0. The predicted molar refractivity (Wildman–Crippen MR) is 66.8 cm³/mol. The first-order valence-corrected chi connectivity index (χ1v) is 6.34.